The molecule has 0 aliphatic heterocycles. The molecule has 1 atom stereocenters. The normalized spacial score (nSPS) is 14.2. The number of carbonyl (C=O) groups excluding carboxylic acids is 1. The Bertz CT molecular complexity index is 372. The van der Waals surface area contributed by atoms with Crippen LogP contribution in [0.5, 0.6) is 0 Å². The van der Waals surface area contributed by atoms with Gasteiger partial charge in [-0.2, -0.15) is 0 Å². The Labute approximate surface area is 115 Å². The number of hydrogen-bond acceptors (Lipinski definition) is 6. The van der Waals surface area contributed by atoms with Crippen LogP contribution in [0.2, 0.25) is 0 Å². The molecule has 0 saturated carbocycles. The van der Waals surface area contributed by atoms with Crippen molar-refractivity contribution in [2.75, 3.05) is 24.7 Å². The number of nitrogens with two attached hydrogens (primary N) is 1. The second-order valence-corrected chi connectivity index (χ2v) is 7.46. The fraction of sp³-hybridized carbons (Fsp3) is 0.917. The van der Waals surface area contributed by atoms with E-state index >= 15 is 0 Å². The summed E-state index contributed by atoms with van der Waals surface area (Å²) < 4.78 is 33.8. The Morgan fingerprint density at radius 1 is 1.32 bits per heavy atom. The zero-order chi connectivity index (χ0) is 15.1. The van der Waals surface area contributed by atoms with E-state index in [0.29, 0.717) is 6.61 Å². The summed E-state index contributed by atoms with van der Waals surface area (Å²) in [5.74, 6) is -1.46. The minimum absolute atomic E-state index is 0.131. The highest BCUT2D eigenvalue weighted by Gasteiger charge is 2.23. The van der Waals surface area contributed by atoms with Crippen LogP contribution < -0.4 is 5.73 Å². The van der Waals surface area contributed by atoms with E-state index in [4.69, 9.17) is 15.2 Å². The van der Waals surface area contributed by atoms with Crippen LogP contribution >= 0.6 is 0 Å². The highest BCUT2D eigenvalue weighted by Crippen LogP contribution is 2.09. The van der Waals surface area contributed by atoms with Crippen LogP contribution in [-0.2, 0) is 24.1 Å². The van der Waals surface area contributed by atoms with Gasteiger partial charge < -0.3 is 15.2 Å². The van der Waals surface area contributed by atoms with E-state index in [9.17, 15) is 13.2 Å². The van der Waals surface area contributed by atoms with Gasteiger partial charge in [0, 0.05) is 13.2 Å². The first-order valence-corrected chi connectivity index (χ1v) is 8.15. The van der Waals surface area contributed by atoms with Gasteiger partial charge in [0.2, 0.25) is 0 Å². The predicted molar refractivity (Wildman–Crippen MR) is 73.6 cm³/mol. The SMILES string of the molecule is CCOC(CN)CCS(=O)(=O)CC(=O)OC(C)(C)C. The summed E-state index contributed by atoms with van der Waals surface area (Å²) in [5, 5.41) is 0. The van der Waals surface area contributed by atoms with Gasteiger partial charge in [-0.1, -0.05) is 0 Å². The van der Waals surface area contributed by atoms with E-state index in [-0.39, 0.29) is 24.8 Å². The molecule has 114 valence electrons. The first-order chi connectivity index (χ1) is 8.59. The quantitative estimate of drug-likeness (QED) is 0.655. The van der Waals surface area contributed by atoms with Crippen LogP contribution in [0.3, 0.4) is 0 Å². The predicted octanol–water partition coefficient (Wildman–Crippen LogP) is 0.497. The van der Waals surface area contributed by atoms with Crippen LogP contribution in [0, 0.1) is 0 Å². The highest BCUT2D eigenvalue weighted by molar-refractivity contribution is 7.92. The zero-order valence-corrected chi connectivity index (χ0v) is 13.0. The molecule has 0 rings (SSSR count). The average molecular weight is 295 g/mol. The molecule has 0 heterocycles. The van der Waals surface area contributed by atoms with Gasteiger partial charge in [-0.05, 0) is 34.1 Å². The second kappa shape index (κ2) is 7.81. The van der Waals surface area contributed by atoms with Gasteiger partial charge in [0.25, 0.3) is 0 Å². The fourth-order valence-corrected chi connectivity index (χ4v) is 2.62. The molecule has 0 radical (unpaired) electrons. The maximum Gasteiger partial charge on any atom is 0.321 e. The summed E-state index contributed by atoms with van der Waals surface area (Å²) in [4.78, 5) is 11.5. The minimum atomic E-state index is -3.49. The summed E-state index contributed by atoms with van der Waals surface area (Å²) in [6, 6.07) is 0. The van der Waals surface area contributed by atoms with Crippen molar-refractivity contribution < 1.29 is 22.7 Å². The molecule has 0 aliphatic carbocycles. The molecule has 19 heavy (non-hydrogen) atoms. The lowest BCUT2D eigenvalue weighted by Gasteiger charge is -2.19. The van der Waals surface area contributed by atoms with Crippen molar-refractivity contribution in [2.24, 2.45) is 5.73 Å². The van der Waals surface area contributed by atoms with E-state index in [2.05, 4.69) is 0 Å². The molecular formula is C12H25NO5S. The molecule has 0 amide bonds. The van der Waals surface area contributed by atoms with Crippen molar-refractivity contribution >= 4 is 15.8 Å². The van der Waals surface area contributed by atoms with E-state index < -0.39 is 27.2 Å². The Kier molecular flexibility index (Phi) is 7.54. The lowest BCUT2D eigenvalue weighted by molar-refractivity contribution is -0.151. The molecular weight excluding hydrogens is 270 g/mol. The van der Waals surface area contributed by atoms with Gasteiger partial charge in [0.15, 0.2) is 9.84 Å². The lowest BCUT2D eigenvalue weighted by atomic mass is 10.2. The first kappa shape index (κ1) is 18.3. The number of sulfone groups is 1. The number of esters is 1. The molecule has 0 spiro atoms. The average Bonchev–Trinajstić information content (AvgIpc) is 2.20. The highest BCUT2D eigenvalue weighted by atomic mass is 32.2. The molecule has 1 unspecified atom stereocenters. The fourth-order valence-electron chi connectivity index (χ4n) is 1.44. The third-order valence-electron chi connectivity index (χ3n) is 2.17. The number of ether oxygens (including phenoxy) is 2. The third-order valence-corrected chi connectivity index (χ3v) is 3.71. The van der Waals surface area contributed by atoms with Crippen molar-refractivity contribution in [1.29, 1.82) is 0 Å². The van der Waals surface area contributed by atoms with Crippen LogP contribution in [0.4, 0.5) is 0 Å². The Morgan fingerprint density at radius 2 is 1.89 bits per heavy atom. The Morgan fingerprint density at radius 3 is 2.32 bits per heavy atom. The van der Waals surface area contributed by atoms with E-state index in [1.54, 1.807) is 20.8 Å². The Hall–Kier alpha value is -0.660. The van der Waals surface area contributed by atoms with Crippen LogP contribution in [-0.4, -0.2) is 50.7 Å². The maximum atomic E-state index is 11.8. The van der Waals surface area contributed by atoms with E-state index in [0.717, 1.165) is 0 Å². The van der Waals surface area contributed by atoms with Crippen LogP contribution in [0.15, 0.2) is 0 Å². The summed E-state index contributed by atoms with van der Waals surface area (Å²) in [6.45, 7) is 7.63. The molecule has 0 saturated heterocycles. The molecule has 2 N–H and O–H groups in total. The summed E-state index contributed by atoms with van der Waals surface area (Å²) in [6.07, 6.45) is -0.00596. The molecule has 0 aromatic rings. The first-order valence-electron chi connectivity index (χ1n) is 6.33. The van der Waals surface area contributed by atoms with Crippen molar-refractivity contribution in [2.45, 2.75) is 45.8 Å². The van der Waals surface area contributed by atoms with E-state index in [1.165, 1.54) is 0 Å². The van der Waals surface area contributed by atoms with Crippen LogP contribution in [0.1, 0.15) is 34.1 Å². The third kappa shape index (κ3) is 9.86. The molecule has 0 aliphatic rings. The van der Waals surface area contributed by atoms with E-state index in [1.807, 2.05) is 6.92 Å². The number of carbonyl (C=O) groups is 1. The lowest BCUT2D eigenvalue weighted by Crippen LogP contribution is -2.31. The van der Waals surface area contributed by atoms with Gasteiger partial charge in [-0.15, -0.1) is 0 Å². The molecule has 0 aromatic carbocycles. The second-order valence-electron chi connectivity index (χ2n) is 5.28. The molecule has 0 aromatic heterocycles. The van der Waals surface area contributed by atoms with Crippen molar-refractivity contribution in [1.82, 2.24) is 0 Å². The maximum absolute atomic E-state index is 11.8. The van der Waals surface area contributed by atoms with Gasteiger partial charge in [-0.3, -0.25) is 4.79 Å². The topological polar surface area (TPSA) is 95.7 Å². The monoisotopic (exact) mass is 295 g/mol. The largest absolute Gasteiger partial charge is 0.459 e. The van der Waals surface area contributed by atoms with Gasteiger partial charge >= 0.3 is 5.97 Å². The molecule has 0 fully saturated rings. The molecule has 7 heteroatoms. The van der Waals surface area contributed by atoms with Crippen molar-refractivity contribution in [3.05, 3.63) is 0 Å². The minimum Gasteiger partial charge on any atom is -0.459 e. The van der Waals surface area contributed by atoms with Crippen molar-refractivity contribution in [3.8, 4) is 0 Å². The smallest absolute Gasteiger partial charge is 0.321 e. The summed E-state index contributed by atoms with van der Waals surface area (Å²) in [7, 11) is -3.49. The molecule has 0 bridgehead atoms. The zero-order valence-electron chi connectivity index (χ0n) is 12.1. The Balaban J connectivity index is 4.29. The molecule has 6 nitrogen and oxygen atoms in total. The van der Waals surface area contributed by atoms with Gasteiger partial charge in [0.1, 0.15) is 11.4 Å². The van der Waals surface area contributed by atoms with Gasteiger partial charge in [0.05, 0.1) is 11.9 Å². The summed E-state index contributed by atoms with van der Waals surface area (Å²) >= 11 is 0. The number of hydrogen-bond donors (Lipinski definition) is 1. The van der Waals surface area contributed by atoms with Crippen molar-refractivity contribution in [3.63, 3.8) is 0 Å². The number of rotatable bonds is 8. The summed E-state index contributed by atoms with van der Waals surface area (Å²) in [5.41, 5.74) is 4.78. The standard InChI is InChI=1S/C12H25NO5S/c1-5-17-10(8-13)6-7-19(15,16)9-11(14)18-12(2,3)4/h10H,5-9,13H2,1-4H3. The van der Waals surface area contributed by atoms with Gasteiger partial charge in [-0.25, -0.2) is 8.42 Å². The van der Waals surface area contributed by atoms with Crippen LogP contribution in [0.25, 0.3) is 0 Å².